The summed E-state index contributed by atoms with van der Waals surface area (Å²) < 4.78 is 1.05. The number of amides is 1. The molecule has 15 heavy (non-hydrogen) atoms. The fourth-order valence-electron chi connectivity index (χ4n) is 1.26. The van der Waals surface area contributed by atoms with Gasteiger partial charge in [-0.1, -0.05) is 28.1 Å². The van der Waals surface area contributed by atoms with Crippen LogP contribution in [0.1, 0.15) is 12.0 Å². The van der Waals surface area contributed by atoms with E-state index in [1.54, 1.807) is 19.1 Å². The molecule has 0 heterocycles. The molecule has 0 fully saturated rings. The maximum Gasteiger partial charge on any atom is 0.234 e. The quantitative estimate of drug-likeness (QED) is 0.849. The number of rotatable bonds is 4. The lowest BCUT2D eigenvalue weighted by Crippen LogP contribution is -2.36. The van der Waals surface area contributed by atoms with Crippen LogP contribution in [0.2, 0.25) is 0 Å². The lowest BCUT2D eigenvalue weighted by molar-refractivity contribution is -0.124. The molecular weight excluding hydrogens is 256 g/mol. The van der Waals surface area contributed by atoms with Gasteiger partial charge in [0.15, 0.2) is 0 Å². The summed E-state index contributed by atoms with van der Waals surface area (Å²) >= 11 is 3.40. The standard InChI is InChI=1S/C11H15BrN2O/c1-14(2)13-11(15)7-6-9-4-3-5-10(12)8-9/h3-5,8H,6-7H2,1-2H3,(H,13,15). The van der Waals surface area contributed by atoms with Crippen molar-refractivity contribution >= 4 is 21.8 Å². The average molecular weight is 271 g/mol. The lowest BCUT2D eigenvalue weighted by atomic mass is 10.1. The molecule has 0 bridgehead atoms. The van der Waals surface area contributed by atoms with Gasteiger partial charge in [-0.15, -0.1) is 0 Å². The molecule has 4 heteroatoms. The van der Waals surface area contributed by atoms with Crippen LogP contribution in [0, 0.1) is 0 Å². The van der Waals surface area contributed by atoms with Crippen LogP contribution in [0.4, 0.5) is 0 Å². The van der Waals surface area contributed by atoms with Crippen LogP contribution in [0.3, 0.4) is 0 Å². The molecule has 0 spiro atoms. The first-order chi connectivity index (χ1) is 7.08. The minimum absolute atomic E-state index is 0.0416. The third kappa shape index (κ3) is 4.95. The molecular formula is C11H15BrN2O. The third-order valence-corrected chi connectivity index (χ3v) is 2.37. The first-order valence-electron chi connectivity index (χ1n) is 4.79. The molecule has 0 aliphatic rings. The first-order valence-corrected chi connectivity index (χ1v) is 5.58. The number of halogens is 1. The largest absolute Gasteiger partial charge is 0.289 e. The summed E-state index contributed by atoms with van der Waals surface area (Å²) in [5, 5.41) is 1.66. The first kappa shape index (κ1) is 12.2. The molecule has 0 radical (unpaired) electrons. The SMILES string of the molecule is CN(C)NC(=O)CCc1cccc(Br)c1. The van der Waals surface area contributed by atoms with Crippen LogP contribution < -0.4 is 5.43 Å². The summed E-state index contributed by atoms with van der Waals surface area (Å²) in [6.07, 6.45) is 1.27. The second-order valence-electron chi connectivity index (χ2n) is 3.56. The van der Waals surface area contributed by atoms with Gasteiger partial charge >= 0.3 is 0 Å². The predicted octanol–water partition coefficient (Wildman–Crippen LogP) is 1.97. The average Bonchev–Trinajstić information content (AvgIpc) is 2.14. The Balaban J connectivity index is 2.40. The second kappa shape index (κ2) is 5.88. The summed E-state index contributed by atoms with van der Waals surface area (Å²) in [5.41, 5.74) is 3.88. The van der Waals surface area contributed by atoms with Gasteiger partial charge in [0.05, 0.1) is 0 Å². The van der Waals surface area contributed by atoms with E-state index >= 15 is 0 Å². The van der Waals surface area contributed by atoms with Gasteiger partial charge in [0.1, 0.15) is 0 Å². The third-order valence-electron chi connectivity index (χ3n) is 1.88. The van der Waals surface area contributed by atoms with E-state index in [-0.39, 0.29) is 5.91 Å². The van der Waals surface area contributed by atoms with Crippen LogP contribution in [0.5, 0.6) is 0 Å². The van der Waals surface area contributed by atoms with E-state index in [0.717, 1.165) is 10.9 Å². The molecule has 82 valence electrons. The molecule has 0 saturated carbocycles. The van der Waals surface area contributed by atoms with Gasteiger partial charge in [-0.3, -0.25) is 10.2 Å². The smallest absolute Gasteiger partial charge is 0.234 e. The van der Waals surface area contributed by atoms with Gasteiger partial charge in [0.25, 0.3) is 0 Å². The molecule has 1 aromatic carbocycles. The Morgan fingerprint density at radius 1 is 1.47 bits per heavy atom. The van der Waals surface area contributed by atoms with E-state index in [2.05, 4.69) is 21.4 Å². The van der Waals surface area contributed by atoms with E-state index in [9.17, 15) is 4.79 Å². The van der Waals surface area contributed by atoms with Crippen LogP contribution in [0.15, 0.2) is 28.7 Å². The molecule has 0 unspecified atom stereocenters. The molecule has 0 saturated heterocycles. The van der Waals surface area contributed by atoms with E-state index < -0.39 is 0 Å². The van der Waals surface area contributed by atoms with Gasteiger partial charge < -0.3 is 0 Å². The van der Waals surface area contributed by atoms with Gasteiger partial charge in [-0.2, -0.15) is 0 Å². The van der Waals surface area contributed by atoms with Crippen LogP contribution >= 0.6 is 15.9 Å². The second-order valence-corrected chi connectivity index (χ2v) is 4.48. The van der Waals surface area contributed by atoms with Gasteiger partial charge in [0.2, 0.25) is 5.91 Å². The maximum absolute atomic E-state index is 11.3. The minimum atomic E-state index is 0.0416. The Hall–Kier alpha value is -0.870. The lowest BCUT2D eigenvalue weighted by Gasteiger charge is -2.11. The van der Waals surface area contributed by atoms with Crippen molar-refractivity contribution in [3.8, 4) is 0 Å². The zero-order valence-electron chi connectivity index (χ0n) is 8.96. The summed E-state index contributed by atoms with van der Waals surface area (Å²) in [6, 6.07) is 8.00. The van der Waals surface area contributed by atoms with Crippen molar-refractivity contribution < 1.29 is 4.79 Å². The molecule has 0 aromatic heterocycles. The monoisotopic (exact) mass is 270 g/mol. The highest BCUT2D eigenvalue weighted by molar-refractivity contribution is 9.10. The van der Waals surface area contributed by atoms with Gasteiger partial charge in [-0.25, -0.2) is 5.01 Å². The number of hydrogen-bond acceptors (Lipinski definition) is 2. The van der Waals surface area contributed by atoms with Crippen molar-refractivity contribution in [1.82, 2.24) is 10.4 Å². The number of aryl methyl sites for hydroxylation is 1. The Bertz CT molecular complexity index is 339. The summed E-state index contributed by atoms with van der Waals surface area (Å²) in [6.45, 7) is 0. The van der Waals surface area contributed by atoms with E-state index in [1.165, 1.54) is 5.56 Å². The zero-order valence-corrected chi connectivity index (χ0v) is 10.5. The molecule has 1 rings (SSSR count). The Labute approximate surface area is 98.6 Å². The van der Waals surface area contributed by atoms with E-state index in [1.807, 2.05) is 24.3 Å². The van der Waals surface area contributed by atoms with Crippen LogP contribution in [-0.2, 0) is 11.2 Å². The molecule has 1 N–H and O–H groups in total. The summed E-state index contributed by atoms with van der Waals surface area (Å²) in [7, 11) is 3.61. The number of nitrogens with zero attached hydrogens (tertiary/aromatic N) is 1. The van der Waals surface area contributed by atoms with Crippen LogP contribution in [0.25, 0.3) is 0 Å². The maximum atomic E-state index is 11.3. The summed E-state index contributed by atoms with van der Waals surface area (Å²) in [5.74, 6) is 0.0416. The normalized spacial score (nSPS) is 10.4. The molecule has 0 atom stereocenters. The number of hydrogen-bond donors (Lipinski definition) is 1. The molecule has 0 aliphatic heterocycles. The number of nitrogens with one attached hydrogen (secondary N) is 1. The van der Waals surface area contributed by atoms with Crippen molar-refractivity contribution in [1.29, 1.82) is 0 Å². The summed E-state index contributed by atoms with van der Waals surface area (Å²) in [4.78, 5) is 11.3. The Morgan fingerprint density at radius 3 is 2.80 bits per heavy atom. The molecule has 3 nitrogen and oxygen atoms in total. The fourth-order valence-corrected chi connectivity index (χ4v) is 1.70. The van der Waals surface area contributed by atoms with E-state index in [4.69, 9.17) is 0 Å². The Morgan fingerprint density at radius 2 is 2.20 bits per heavy atom. The van der Waals surface area contributed by atoms with Gasteiger partial charge in [0, 0.05) is 25.0 Å². The highest BCUT2D eigenvalue weighted by Crippen LogP contribution is 2.12. The van der Waals surface area contributed by atoms with Crippen LogP contribution in [-0.4, -0.2) is 25.0 Å². The van der Waals surface area contributed by atoms with Crippen molar-refractivity contribution in [2.45, 2.75) is 12.8 Å². The Kier molecular flexibility index (Phi) is 4.78. The van der Waals surface area contributed by atoms with Crippen molar-refractivity contribution in [3.05, 3.63) is 34.3 Å². The number of carbonyl (C=O) groups is 1. The molecule has 1 amide bonds. The van der Waals surface area contributed by atoms with Crippen molar-refractivity contribution in [2.75, 3.05) is 14.1 Å². The fraction of sp³-hybridized carbons (Fsp3) is 0.364. The number of hydrazine groups is 1. The minimum Gasteiger partial charge on any atom is -0.289 e. The highest BCUT2D eigenvalue weighted by Gasteiger charge is 2.02. The number of benzene rings is 1. The highest BCUT2D eigenvalue weighted by atomic mass is 79.9. The van der Waals surface area contributed by atoms with Crippen molar-refractivity contribution in [2.24, 2.45) is 0 Å². The number of carbonyl (C=O) groups excluding carboxylic acids is 1. The molecule has 0 aliphatic carbocycles. The van der Waals surface area contributed by atoms with Gasteiger partial charge in [-0.05, 0) is 24.1 Å². The molecule has 1 aromatic rings. The van der Waals surface area contributed by atoms with E-state index in [0.29, 0.717) is 6.42 Å². The topological polar surface area (TPSA) is 32.3 Å². The predicted molar refractivity (Wildman–Crippen MR) is 64.3 cm³/mol. The zero-order chi connectivity index (χ0) is 11.3. The van der Waals surface area contributed by atoms with Crippen molar-refractivity contribution in [3.63, 3.8) is 0 Å².